The van der Waals surface area contributed by atoms with Crippen LogP contribution >= 0.6 is 11.3 Å². The van der Waals surface area contributed by atoms with Crippen LogP contribution in [0.1, 0.15) is 17.8 Å². The van der Waals surface area contributed by atoms with Crippen molar-refractivity contribution in [2.24, 2.45) is 0 Å². The molecule has 0 fully saturated rings. The summed E-state index contributed by atoms with van der Waals surface area (Å²) in [4.78, 5) is 6.49. The van der Waals surface area contributed by atoms with Gasteiger partial charge in [0.15, 0.2) is 0 Å². The van der Waals surface area contributed by atoms with Gasteiger partial charge in [0.25, 0.3) is 0 Å². The molecule has 0 radical (unpaired) electrons. The summed E-state index contributed by atoms with van der Waals surface area (Å²) in [5, 5.41) is 8.81. The van der Waals surface area contributed by atoms with E-state index in [0.717, 1.165) is 15.4 Å². The molecule has 2 aromatic rings. The van der Waals surface area contributed by atoms with Gasteiger partial charge >= 0.3 is 0 Å². The Kier molecular flexibility index (Phi) is 3.11. The highest BCUT2D eigenvalue weighted by atomic mass is 32.1. The number of hydrogen-bond donors (Lipinski definition) is 2. The lowest BCUT2D eigenvalue weighted by Crippen LogP contribution is -2.11. The maximum absolute atomic E-state index is 8.81. The molecule has 0 aromatic carbocycles. The maximum atomic E-state index is 8.81. The number of hydroxylamine groups is 1. The van der Waals surface area contributed by atoms with Crippen molar-refractivity contribution in [3.63, 3.8) is 0 Å². The molecular formula is C11H12N2OS. The van der Waals surface area contributed by atoms with E-state index in [1.165, 1.54) is 0 Å². The molecule has 0 spiro atoms. The van der Waals surface area contributed by atoms with Gasteiger partial charge in [-0.2, -0.15) is 5.48 Å². The van der Waals surface area contributed by atoms with E-state index >= 15 is 0 Å². The largest absolute Gasteiger partial charge is 0.316 e. The van der Waals surface area contributed by atoms with Crippen molar-refractivity contribution in [2.45, 2.75) is 13.0 Å². The van der Waals surface area contributed by atoms with Crippen molar-refractivity contribution in [2.75, 3.05) is 0 Å². The first kappa shape index (κ1) is 10.3. The summed E-state index contributed by atoms with van der Waals surface area (Å²) in [6.45, 7) is 1.91. The van der Waals surface area contributed by atoms with Crippen molar-refractivity contribution >= 4 is 11.3 Å². The third kappa shape index (κ3) is 2.23. The van der Waals surface area contributed by atoms with E-state index in [-0.39, 0.29) is 6.04 Å². The van der Waals surface area contributed by atoms with Gasteiger partial charge in [-0.25, -0.2) is 0 Å². The summed E-state index contributed by atoms with van der Waals surface area (Å²) in [5.41, 5.74) is 3.21. The Hall–Kier alpha value is -1.23. The second-order valence-electron chi connectivity index (χ2n) is 3.27. The summed E-state index contributed by atoms with van der Waals surface area (Å²) in [5.74, 6) is 0. The molecule has 2 rings (SSSR count). The molecule has 78 valence electrons. The average Bonchev–Trinajstić information content (AvgIpc) is 2.78. The molecule has 0 amide bonds. The first-order valence-corrected chi connectivity index (χ1v) is 5.53. The number of hydrogen-bond acceptors (Lipinski definition) is 4. The molecular weight excluding hydrogens is 208 g/mol. The van der Waals surface area contributed by atoms with Gasteiger partial charge < -0.3 is 5.21 Å². The monoisotopic (exact) mass is 220 g/mol. The zero-order valence-corrected chi connectivity index (χ0v) is 9.16. The highest BCUT2D eigenvalue weighted by molar-refractivity contribution is 7.15. The standard InChI is InChI=1S/C11H12N2OS/c1-8(13-14)10-5-6-11(15-10)9-4-2-3-7-12-9/h2-8,13-14H,1H3. The SMILES string of the molecule is CC(NO)c1ccc(-c2ccccn2)s1. The predicted molar refractivity (Wildman–Crippen MR) is 60.9 cm³/mol. The van der Waals surface area contributed by atoms with Gasteiger partial charge in [-0.1, -0.05) is 6.07 Å². The average molecular weight is 220 g/mol. The fourth-order valence-corrected chi connectivity index (χ4v) is 2.28. The Labute approximate surface area is 92.4 Å². The Bertz CT molecular complexity index is 427. The second-order valence-corrected chi connectivity index (χ2v) is 4.38. The van der Waals surface area contributed by atoms with Crippen molar-refractivity contribution in [1.82, 2.24) is 10.5 Å². The normalized spacial score (nSPS) is 12.7. The van der Waals surface area contributed by atoms with Gasteiger partial charge in [0.05, 0.1) is 16.6 Å². The topological polar surface area (TPSA) is 45.1 Å². The van der Waals surface area contributed by atoms with Gasteiger partial charge in [-0.15, -0.1) is 11.3 Å². The summed E-state index contributed by atoms with van der Waals surface area (Å²) in [7, 11) is 0. The molecule has 0 saturated heterocycles. The van der Waals surface area contributed by atoms with Crippen LogP contribution in [0.2, 0.25) is 0 Å². The van der Waals surface area contributed by atoms with Crippen molar-refractivity contribution in [3.05, 3.63) is 41.4 Å². The van der Waals surface area contributed by atoms with E-state index in [2.05, 4.69) is 10.5 Å². The van der Waals surface area contributed by atoms with E-state index in [9.17, 15) is 0 Å². The Morgan fingerprint density at radius 3 is 2.87 bits per heavy atom. The summed E-state index contributed by atoms with van der Waals surface area (Å²) in [6.07, 6.45) is 1.78. The maximum Gasteiger partial charge on any atom is 0.0801 e. The zero-order chi connectivity index (χ0) is 10.7. The minimum absolute atomic E-state index is 0.0348. The highest BCUT2D eigenvalue weighted by Gasteiger charge is 2.08. The zero-order valence-electron chi connectivity index (χ0n) is 8.34. The smallest absolute Gasteiger partial charge is 0.0801 e. The Morgan fingerprint density at radius 2 is 2.20 bits per heavy atom. The van der Waals surface area contributed by atoms with Crippen LogP contribution in [0.25, 0.3) is 10.6 Å². The molecule has 1 unspecified atom stereocenters. The quantitative estimate of drug-likeness (QED) is 0.782. The van der Waals surface area contributed by atoms with E-state index in [1.807, 2.05) is 37.3 Å². The molecule has 0 aliphatic carbocycles. The van der Waals surface area contributed by atoms with E-state index < -0.39 is 0 Å². The van der Waals surface area contributed by atoms with Crippen LogP contribution in [0.5, 0.6) is 0 Å². The van der Waals surface area contributed by atoms with Gasteiger partial charge in [-0.05, 0) is 31.2 Å². The van der Waals surface area contributed by atoms with Crippen molar-refractivity contribution in [1.29, 1.82) is 0 Å². The minimum atomic E-state index is -0.0348. The summed E-state index contributed by atoms with van der Waals surface area (Å²) in [6, 6.07) is 9.84. The first-order chi connectivity index (χ1) is 7.31. The molecule has 2 heterocycles. The lowest BCUT2D eigenvalue weighted by Gasteiger charge is -2.04. The molecule has 1 atom stereocenters. The van der Waals surface area contributed by atoms with Crippen LogP contribution in [0.4, 0.5) is 0 Å². The van der Waals surface area contributed by atoms with E-state index in [1.54, 1.807) is 17.5 Å². The number of nitrogens with one attached hydrogen (secondary N) is 1. The van der Waals surface area contributed by atoms with E-state index in [0.29, 0.717) is 0 Å². The summed E-state index contributed by atoms with van der Waals surface area (Å²) >= 11 is 1.63. The van der Waals surface area contributed by atoms with Crippen LogP contribution in [0.3, 0.4) is 0 Å². The first-order valence-electron chi connectivity index (χ1n) is 4.72. The number of nitrogens with zero attached hydrogens (tertiary/aromatic N) is 1. The molecule has 0 saturated carbocycles. The Morgan fingerprint density at radius 1 is 1.33 bits per heavy atom. The lowest BCUT2D eigenvalue weighted by molar-refractivity contribution is 0.135. The lowest BCUT2D eigenvalue weighted by atomic mass is 10.2. The third-order valence-corrected chi connectivity index (χ3v) is 3.46. The molecule has 0 bridgehead atoms. The van der Waals surface area contributed by atoms with E-state index in [4.69, 9.17) is 5.21 Å². The number of rotatable bonds is 3. The van der Waals surface area contributed by atoms with Gasteiger partial charge in [0, 0.05) is 11.1 Å². The van der Waals surface area contributed by atoms with Crippen molar-refractivity contribution < 1.29 is 5.21 Å². The number of aromatic nitrogens is 1. The summed E-state index contributed by atoms with van der Waals surface area (Å²) < 4.78 is 0. The molecule has 0 aliphatic rings. The molecule has 15 heavy (non-hydrogen) atoms. The van der Waals surface area contributed by atoms with Crippen LogP contribution < -0.4 is 5.48 Å². The van der Waals surface area contributed by atoms with Crippen LogP contribution in [0.15, 0.2) is 36.5 Å². The third-order valence-electron chi connectivity index (χ3n) is 2.16. The molecule has 4 heteroatoms. The molecule has 2 aromatic heterocycles. The van der Waals surface area contributed by atoms with Crippen molar-refractivity contribution in [3.8, 4) is 10.6 Å². The Balaban J connectivity index is 2.28. The molecule has 0 aliphatic heterocycles. The van der Waals surface area contributed by atoms with Crippen LogP contribution in [-0.4, -0.2) is 10.2 Å². The van der Waals surface area contributed by atoms with Crippen LogP contribution in [0, 0.1) is 0 Å². The van der Waals surface area contributed by atoms with Gasteiger partial charge in [0.1, 0.15) is 0 Å². The number of pyridine rings is 1. The second kappa shape index (κ2) is 4.53. The van der Waals surface area contributed by atoms with Gasteiger partial charge in [-0.3, -0.25) is 4.98 Å². The van der Waals surface area contributed by atoms with Crippen LogP contribution in [-0.2, 0) is 0 Å². The van der Waals surface area contributed by atoms with Gasteiger partial charge in [0.2, 0.25) is 0 Å². The number of thiophene rings is 1. The minimum Gasteiger partial charge on any atom is -0.316 e. The fraction of sp³-hybridized carbons (Fsp3) is 0.182. The molecule has 3 nitrogen and oxygen atoms in total. The molecule has 2 N–H and O–H groups in total. The predicted octanol–water partition coefficient (Wildman–Crippen LogP) is 2.85. The fourth-order valence-electron chi connectivity index (χ4n) is 1.30. The highest BCUT2D eigenvalue weighted by Crippen LogP contribution is 2.29.